The predicted molar refractivity (Wildman–Crippen MR) is 131 cm³/mol. The SMILES string of the molecule is CC(C)c1nc2ccc(F)cc2n1-c1cccc2c1OC[C@H]2Cc1ccc2c(c1)OC[C@H]2CC(=O)[O-].[Na+]. The number of imidazole rings is 1. The summed E-state index contributed by atoms with van der Waals surface area (Å²) in [5.74, 6) is 1.17. The molecule has 0 aliphatic carbocycles. The first kappa shape index (κ1) is 25.8. The Hall–Kier alpha value is -2.87. The van der Waals surface area contributed by atoms with E-state index in [1.165, 1.54) is 12.1 Å². The molecule has 3 heterocycles. The molecule has 37 heavy (non-hydrogen) atoms. The molecule has 2 atom stereocenters. The Balaban J connectivity index is 0.00000280. The predicted octanol–water partition coefficient (Wildman–Crippen LogP) is 1.63. The van der Waals surface area contributed by atoms with E-state index in [0.717, 1.165) is 57.2 Å². The molecule has 0 bridgehead atoms. The van der Waals surface area contributed by atoms with Gasteiger partial charge in [-0.3, -0.25) is 4.57 Å². The van der Waals surface area contributed by atoms with Gasteiger partial charge in [-0.25, -0.2) is 9.37 Å². The van der Waals surface area contributed by atoms with Gasteiger partial charge >= 0.3 is 29.6 Å². The van der Waals surface area contributed by atoms with Gasteiger partial charge in [0.15, 0.2) is 0 Å². The van der Waals surface area contributed by atoms with Crippen LogP contribution in [-0.4, -0.2) is 28.7 Å². The second-order valence-electron chi connectivity index (χ2n) is 9.96. The van der Waals surface area contributed by atoms with Gasteiger partial charge in [-0.1, -0.05) is 38.1 Å². The number of fused-ring (bicyclic) bond motifs is 3. The molecule has 0 saturated carbocycles. The van der Waals surface area contributed by atoms with Gasteiger partial charge in [0, 0.05) is 40.9 Å². The second-order valence-corrected chi connectivity index (χ2v) is 9.96. The number of ether oxygens (including phenoxy) is 2. The zero-order valence-corrected chi connectivity index (χ0v) is 23.2. The monoisotopic (exact) mass is 508 g/mol. The van der Waals surface area contributed by atoms with Crippen LogP contribution < -0.4 is 44.1 Å². The van der Waals surface area contributed by atoms with E-state index in [4.69, 9.17) is 14.5 Å². The third-order valence-corrected chi connectivity index (χ3v) is 7.15. The normalized spacial score (nSPS) is 17.7. The zero-order chi connectivity index (χ0) is 25.0. The number of aliphatic carboxylic acids is 1. The summed E-state index contributed by atoms with van der Waals surface area (Å²) in [6.45, 7) is 5.06. The van der Waals surface area contributed by atoms with Crippen LogP contribution in [0, 0.1) is 5.82 Å². The van der Waals surface area contributed by atoms with E-state index in [1.807, 2.05) is 34.9 Å². The minimum atomic E-state index is -1.06. The van der Waals surface area contributed by atoms with Crippen LogP contribution in [0.4, 0.5) is 4.39 Å². The van der Waals surface area contributed by atoms with Crippen molar-refractivity contribution in [2.24, 2.45) is 0 Å². The molecule has 4 aromatic rings. The number of para-hydroxylation sites is 1. The van der Waals surface area contributed by atoms with Crippen LogP contribution in [-0.2, 0) is 11.2 Å². The Morgan fingerprint density at radius 1 is 1.08 bits per heavy atom. The van der Waals surface area contributed by atoms with Gasteiger partial charge in [0.1, 0.15) is 23.1 Å². The summed E-state index contributed by atoms with van der Waals surface area (Å²) in [5, 5.41) is 11.0. The summed E-state index contributed by atoms with van der Waals surface area (Å²) in [6, 6.07) is 16.8. The maximum absolute atomic E-state index is 14.2. The van der Waals surface area contributed by atoms with Gasteiger partial charge < -0.3 is 19.4 Å². The Bertz CT molecular complexity index is 1500. The topological polar surface area (TPSA) is 76.4 Å². The van der Waals surface area contributed by atoms with Gasteiger partial charge in [0.05, 0.1) is 29.9 Å². The summed E-state index contributed by atoms with van der Waals surface area (Å²) in [4.78, 5) is 15.8. The van der Waals surface area contributed by atoms with E-state index in [-0.39, 0.29) is 59.5 Å². The van der Waals surface area contributed by atoms with Crippen molar-refractivity contribution < 1.29 is 53.3 Å². The number of benzene rings is 3. The van der Waals surface area contributed by atoms with Gasteiger partial charge in [-0.15, -0.1) is 0 Å². The van der Waals surface area contributed by atoms with Crippen molar-refractivity contribution in [3.63, 3.8) is 0 Å². The average Bonchev–Trinajstić information content (AvgIpc) is 3.54. The number of carboxylic acids is 1. The van der Waals surface area contributed by atoms with Crippen LogP contribution >= 0.6 is 0 Å². The smallest absolute Gasteiger partial charge is 0.550 e. The third kappa shape index (κ3) is 4.65. The molecule has 184 valence electrons. The molecular formula is C29H26FN2NaO4. The average molecular weight is 509 g/mol. The summed E-state index contributed by atoms with van der Waals surface area (Å²) in [7, 11) is 0. The molecule has 0 spiro atoms. The van der Waals surface area contributed by atoms with Crippen LogP contribution in [0.25, 0.3) is 16.7 Å². The number of halogens is 1. The third-order valence-electron chi connectivity index (χ3n) is 7.15. The minimum Gasteiger partial charge on any atom is -0.550 e. The number of aromatic nitrogens is 2. The fraction of sp³-hybridized carbons (Fsp3) is 0.310. The molecule has 0 unspecified atom stereocenters. The zero-order valence-electron chi connectivity index (χ0n) is 21.2. The summed E-state index contributed by atoms with van der Waals surface area (Å²) in [6.07, 6.45) is 0.721. The van der Waals surface area contributed by atoms with E-state index in [9.17, 15) is 14.3 Å². The second kappa shape index (κ2) is 10.1. The molecule has 2 aliphatic rings. The summed E-state index contributed by atoms with van der Waals surface area (Å²) >= 11 is 0. The van der Waals surface area contributed by atoms with Gasteiger partial charge in [-0.2, -0.15) is 0 Å². The number of carboxylic acid groups (broad SMARTS) is 1. The maximum atomic E-state index is 14.2. The number of nitrogens with zero attached hydrogens (tertiary/aromatic N) is 2. The molecule has 0 amide bonds. The molecule has 0 saturated heterocycles. The van der Waals surface area contributed by atoms with Crippen LogP contribution in [0.15, 0.2) is 54.6 Å². The largest absolute Gasteiger partial charge is 1.00 e. The number of hydrogen-bond donors (Lipinski definition) is 0. The van der Waals surface area contributed by atoms with E-state index >= 15 is 0 Å². The molecule has 3 aromatic carbocycles. The van der Waals surface area contributed by atoms with Gasteiger partial charge in [0.25, 0.3) is 0 Å². The molecule has 0 fully saturated rings. The first-order valence-electron chi connectivity index (χ1n) is 12.3. The van der Waals surface area contributed by atoms with E-state index in [0.29, 0.717) is 13.2 Å². The fourth-order valence-electron chi connectivity index (χ4n) is 5.45. The van der Waals surface area contributed by atoms with Crippen molar-refractivity contribution in [3.8, 4) is 17.2 Å². The Morgan fingerprint density at radius 3 is 2.68 bits per heavy atom. The van der Waals surface area contributed by atoms with Crippen molar-refractivity contribution in [1.29, 1.82) is 0 Å². The van der Waals surface area contributed by atoms with Crippen molar-refractivity contribution in [1.82, 2.24) is 9.55 Å². The molecule has 6 rings (SSSR count). The summed E-state index contributed by atoms with van der Waals surface area (Å²) < 4.78 is 28.2. The van der Waals surface area contributed by atoms with Crippen molar-refractivity contribution in [3.05, 3.63) is 82.9 Å². The molecule has 0 radical (unpaired) electrons. The quantitative estimate of drug-likeness (QED) is 0.370. The number of hydrogen-bond acceptors (Lipinski definition) is 5. The maximum Gasteiger partial charge on any atom is 1.00 e. The minimum absolute atomic E-state index is 0. The first-order chi connectivity index (χ1) is 17.4. The van der Waals surface area contributed by atoms with Crippen LogP contribution in [0.1, 0.15) is 60.5 Å². The summed E-state index contributed by atoms with van der Waals surface area (Å²) in [5.41, 5.74) is 5.48. The van der Waals surface area contributed by atoms with Crippen molar-refractivity contribution >= 4 is 17.0 Å². The molecule has 1 aromatic heterocycles. The number of carbonyl (C=O) groups is 1. The van der Waals surface area contributed by atoms with Crippen LogP contribution in [0.2, 0.25) is 0 Å². The Morgan fingerprint density at radius 2 is 1.89 bits per heavy atom. The van der Waals surface area contributed by atoms with E-state index < -0.39 is 5.97 Å². The number of carbonyl (C=O) groups excluding carboxylic acids is 1. The Kier molecular flexibility index (Phi) is 7.05. The molecule has 8 heteroatoms. The van der Waals surface area contributed by atoms with Gasteiger partial charge in [-0.05, 0) is 42.7 Å². The molecule has 2 aliphatic heterocycles. The fourth-order valence-corrected chi connectivity index (χ4v) is 5.45. The van der Waals surface area contributed by atoms with E-state index in [1.54, 1.807) is 6.07 Å². The Labute approximate surface area is 236 Å². The van der Waals surface area contributed by atoms with Crippen molar-refractivity contribution in [2.75, 3.05) is 13.2 Å². The number of rotatable bonds is 6. The van der Waals surface area contributed by atoms with Crippen LogP contribution in [0.5, 0.6) is 11.5 Å². The first-order valence-corrected chi connectivity index (χ1v) is 12.3. The molecule has 0 N–H and O–H groups in total. The van der Waals surface area contributed by atoms with Gasteiger partial charge in [0.2, 0.25) is 0 Å². The van der Waals surface area contributed by atoms with E-state index in [2.05, 4.69) is 19.9 Å². The standard InChI is InChI=1S/C29H27FN2O4.Na/c1-16(2)29-31-23-9-7-20(30)13-25(23)32(29)24-5-3-4-22-18(15-36-28(22)24)10-17-6-8-21-19(12-27(33)34)14-35-26(21)11-17;/h3-9,11,13,16,18-19H,10,12,14-15H2,1-2H3,(H,33,34);/q;+1/p-1/t18-,19-;/m1./s1. The van der Waals surface area contributed by atoms with Crippen molar-refractivity contribution in [2.45, 2.75) is 44.4 Å². The van der Waals surface area contributed by atoms with Crippen LogP contribution in [0.3, 0.4) is 0 Å². The molecule has 6 nitrogen and oxygen atoms in total. The molecular weight excluding hydrogens is 482 g/mol.